The van der Waals surface area contributed by atoms with E-state index in [2.05, 4.69) is 5.32 Å². The molecule has 0 aromatic carbocycles. The van der Waals surface area contributed by atoms with Crippen molar-refractivity contribution in [1.82, 2.24) is 5.32 Å². The van der Waals surface area contributed by atoms with E-state index >= 15 is 0 Å². The van der Waals surface area contributed by atoms with Crippen molar-refractivity contribution in [2.45, 2.75) is 6.42 Å². The summed E-state index contributed by atoms with van der Waals surface area (Å²) in [6.45, 7) is 3.33. The molecule has 0 aliphatic carbocycles. The van der Waals surface area contributed by atoms with E-state index in [0.717, 1.165) is 32.7 Å². The zero-order chi connectivity index (χ0) is 9.97. The van der Waals surface area contributed by atoms with Crippen LogP contribution < -0.4 is 5.32 Å². The maximum atomic E-state index is 11.5. The Morgan fingerprint density at radius 3 is 3.00 bits per heavy atom. The minimum Gasteiger partial charge on any atom is -0.469 e. The van der Waals surface area contributed by atoms with Crippen molar-refractivity contribution in [2.75, 3.05) is 33.4 Å². The first-order valence-corrected chi connectivity index (χ1v) is 5.19. The number of nitrogens with one attached hydrogen (secondary N) is 1. The molecule has 2 fully saturated rings. The molecule has 1 N–H and O–H groups in total. The van der Waals surface area contributed by atoms with Crippen LogP contribution in [0.1, 0.15) is 6.42 Å². The van der Waals surface area contributed by atoms with Gasteiger partial charge >= 0.3 is 5.97 Å². The van der Waals surface area contributed by atoms with Gasteiger partial charge in [0, 0.05) is 19.8 Å². The molecule has 2 aliphatic rings. The van der Waals surface area contributed by atoms with Gasteiger partial charge in [-0.15, -0.1) is 0 Å². The number of rotatable bonds is 2. The van der Waals surface area contributed by atoms with E-state index in [1.54, 1.807) is 0 Å². The molecule has 4 heteroatoms. The lowest BCUT2D eigenvalue weighted by atomic mass is 9.83. The summed E-state index contributed by atoms with van der Waals surface area (Å²) in [5.41, 5.74) is 0. The van der Waals surface area contributed by atoms with E-state index in [4.69, 9.17) is 9.47 Å². The predicted octanol–water partition coefficient (Wildman–Crippen LogP) is 0.0315. The molecule has 3 atom stereocenters. The molecule has 0 bridgehead atoms. The molecule has 2 rings (SSSR count). The molecule has 0 aromatic rings. The van der Waals surface area contributed by atoms with Crippen LogP contribution in [0.25, 0.3) is 0 Å². The van der Waals surface area contributed by atoms with Crippen LogP contribution in [0.4, 0.5) is 0 Å². The first kappa shape index (κ1) is 9.93. The minimum absolute atomic E-state index is 0.0340. The Morgan fingerprint density at radius 2 is 2.36 bits per heavy atom. The molecule has 2 saturated heterocycles. The number of carbonyl (C=O) groups is 1. The largest absolute Gasteiger partial charge is 0.469 e. The highest BCUT2D eigenvalue weighted by Crippen LogP contribution is 2.31. The van der Waals surface area contributed by atoms with Gasteiger partial charge in [-0.25, -0.2) is 0 Å². The summed E-state index contributed by atoms with van der Waals surface area (Å²) >= 11 is 0. The first-order chi connectivity index (χ1) is 6.83. The summed E-state index contributed by atoms with van der Waals surface area (Å²) in [6.07, 6.45) is 1.08. The molecule has 0 radical (unpaired) electrons. The summed E-state index contributed by atoms with van der Waals surface area (Å²) < 4.78 is 10.2. The molecule has 80 valence electrons. The Balaban J connectivity index is 1.98. The Kier molecular flexibility index (Phi) is 3.03. The summed E-state index contributed by atoms with van der Waals surface area (Å²) in [7, 11) is 1.46. The number of esters is 1. The van der Waals surface area contributed by atoms with Crippen LogP contribution in [0.2, 0.25) is 0 Å². The topological polar surface area (TPSA) is 47.6 Å². The third-order valence-electron chi connectivity index (χ3n) is 3.34. The van der Waals surface area contributed by atoms with E-state index < -0.39 is 0 Å². The van der Waals surface area contributed by atoms with Gasteiger partial charge in [0.1, 0.15) is 0 Å². The smallest absolute Gasteiger partial charge is 0.310 e. The lowest BCUT2D eigenvalue weighted by Gasteiger charge is -2.21. The second kappa shape index (κ2) is 4.28. The van der Waals surface area contributed by atoms with Crippen LogP contribution >= 0.6 is 0 Å². The summed E-state index contributed by atoms with van der Waals surface area (Å²) in [5, 5.41) is 3.26. The van der Waals surface area contributed by atoms with Gasteiger partial charge in [-0.05, 0) is 24.8 Å². The fourth-order valence-electron chi connectivity index (χ4n) is 2.49. The van der Waals surface area contributed by atoms with Crippen LogP contribution in [0.15, 0.2) is 0 Å². The number of carbonyl (C=O) groups excluding carboxylic acids is 1. The number of methoxy groups -OCH3 is 1. The maximum absolute atomic E-state index is 11.5. The third-order valence-corrected chi connectivity index (χ3v) is 3.34. The van der Waals surface area contributed by atoms with Crippen molar-refractivity contribution in [3.8, 4) is 0 Å². The zero-order valence-corrected chi connectivity index (χ0v) is 8.49. The predicted molar refractivity (Wildman–Crippen MR) is 50.8 cm³/mol. The second-order valence-electron chi connectivity index (χ2n) is 4.08. The Hall–Kier alpha value is -0.610. The molecular formula is C10H17NO3. The van der Waals surface area contributed by atoms with Crippen molar-refractivity contribution in [2.24, 2.45) is 17.8 Å². The third kappa shape index (κ3) is 1.77. The van der Waals surface area contributed by atoms with Crippen LogP contribution in [-0.2, 0) is 14.3 Å². The van der Waals surface area contributed by atoms with Crippen LogP contribution in [0.3, 0.4) is 0 Å². The average molecular weight is 199 g/mol. The van der Waals surface area contributed by atoms with Crippen molar-refractivity contribution >= 4 is 5.97 Å². The molecule has 0 spiro atoms. The van der Waals surface area contributed by atoms with Crippen molar-refractivity contribution in [3.63, 3.8) is 0 Å². The van der Waals surface area contributed by atoms with Gasteiger partial charge in [-0.3, -0.25) is 4.79 Å². The fraction of sp³-hybridized carbons (Fsp3) is 0.900. The van der Waals surface area contributed by atoms with Crippen molar-refractivity contribution in [1.29, 1.82) is 0 Å². The number of hydrogen-bond donors (Lipinski definition) is 1. The van der Waals surface area contributed by atoms with E-state index in [0.29, 0.717) is 11.8 Å². The highest BCUT2D eigenvalue weighted by Gasteiger charge is 2.39. The highest BCUT2D eigenvalue weighted by molar-refractivity contribution is 5.73. The van der Waals surface area contributed by atoms with Crippen LogP contribution in [0.5, 0.6) is 0 Å². The number of hydrogen-bond acceptors (Lipinski definition) is 4. The number of ether oxygens (including phenoxy) is 2. The van der Waals surface area contributed by atoms with E-state index in [9.17, 15) is 4.79 Å². The summed E-state index contributed by atoms with van der Waals surface area (Å²) in [5.74, 6) is 0.901. The molecular weight excluding hydrogens is 182 g/mol. The van der Waals surface area contributed by atoms with Crippen LogP contribution in [-0.4, -0.2) is 39.4 Å². The molecule has 0 saturated carbocycles. The lowest BCUT2D eigenvalue weighted by Crippen LogP contribution is -2.29. The SMILES string of the molecule is COC(=O)[C@@H]1CNC[C@H]1C1CCOC1. The van der Waals surface area contributed by atoms with Gasteiger partial charge in [-0.2, -0.15) is 0 Å². The molecule has 0 aromatic heterocycles. The Bertz CT molecular complexity index is 213. The monoisotopic (exact) mass is 199 g/mol. The highest BCUT2D eigenvalue weighted by atomic mass is 16.5. The quantitative estimate of drug-likeness (QED) is 0.637. The van der Waals surface area contributed by atoms with Gasteiger partial charge in [0.2, 0.25) is 0 Å². The molecule has 0 amide bonds. The first-order valence-electron chi connectivity index (χ1n) is 5.19. The zero-order valence-electron chi connectivity index (χ0n) is 8.49. The Morgan fingerprint density at radius 1 is 1.50 bits per heavy atom. The van der Waals surface area contributed by atoms with Gasteiger partial charge in [0.05, 0.1) is 13.0 Å². The van der Waals surface area contributed by atoms with Gasteiger partial charge in [-0.1, -0.05) is 0 Å². The van der Waals surface area contributed by atoms with Crippen molar-refractivity contribution < 1.29 is 14.3 Å². The van der Waals surface area contributed by atoms with Gasteiger partial charge in [0.15, 0.2) is 0 Å². The Labute approximate surface area is 84.0 Å². The standard InChI is InChI=1S/C10H17NO3/c1-13-10(12)9-5-11-4-8(9)7-2-3-14-6-7/h7-9,11H,2-6H2,1H3/t7?,8-,9+/m0/s1. The molecule has 2 heterocycles. The minimum atomic E-state index is -0.0769. The molecule has 4 nitrogen and oxygen atoms in total. The average Bonchev–Trinajstić information content (AvgIpc) is 2.85. The van der Waals surface area contributed by atoms with E-state index in [-0.39, 0.29) is 11.9 Å². The van der Waals surface area contributed by atoms with E-state index in [1.807, 2.05) is 0 Å². The van der Waals surface area contributed by atoms with Gasteiger partial charge in [0.25, 0.3) is 0 Å². The molecule has 14 heavy (non-hydrogen) atoms. The second-order valence-corrected chi connectivity index (χ2v) is 4.08. The molecule has 2 aliphatic heterocycles. The summed E-state index contributed by atoms with van der Waals surface area (Å²) in [6, 6.07) is 0. The lowest BCUT2D eigenvalue weighted by molar-refractivity contribution is -0.146. The van der Waals surface area contributed by atoms with E-state index in [1.165, 1.54) is 7.11 Å². The van der Waals surface area contributed by atoms with Gasteiger partial charge < -0.3 is 14.8 Å². The summed E-state index contributed by atoms with van der Waals surface area (Å²) in [4.78, 5) is 11.5. The van der Waals surface area contributed by atoms with Crippen LogP contribution in [0, 0.1) is 17.8 Å². The maximum Gasteiger partial charge on any atom is 0.310 e. The fourth-order valence-corrected chi connectivity index (χ4v) is 2.49. The van der Waals surface area contributed by atoms with Crippen molar-refractivity contribution in [3.05, 3.63) is 0 Å². The molecule has 1 unspecified atom stereocenters. The normalized spacial score (nSPS) is 37.4.